The lowest BCUT2D eigenvalue weighted by molar-refractivity contribution is -0.148. The van der Waals surface area contributed by atoms with Crippen LogP contribution < -0.4 is 0 Å². The monoisotopic (exact) mass is 202 g/mol. The van der Waals surface area contributed by atoms with Gasteiger partial charge in [0, 0.05) is 11.5 Å². The van der Waals surface area contributed by atoms with E-state index in [4.69, 9.17) is 4.74 Å². The van der Waals surface area contributed by atoms with Crippen molar-refractivity contribution < 1.29 is 9.53 Å². The average molecular weight is 202 g/mol. The molecule has 2 atom stereocenters. The molecule has 1 aliphatic rings. The van der Waals surface area contributed by atoms with Crippen LogP contribution in [-0.2, 0) is 9.53 Å². The molecule has 0 bridgehead atoms. The zero-order valence-corrected chi connectivity index (χ0v) is 8.94. The van der Waals surface area contributed by atoms with E-state index in [1.54, 1.807) is 6.92 Å². The van der Waals surface area contributed by atoms with Crippen LogP contribution in [0.2, 0.25) is 0 Å². The quantitative estimate of drug-likeness (QED) is 0.654. The van der Waals surface area contributed by atoms with Crippen LogP contribution in [0.5, 0.6) is 0 Å². The molecule has 0 amide bonds. The highest BCUT2D eigenvalue weighted by Gasteiger charge is 2.27. The molecular formula is C13H14O2. The standard InChI is InChI=1S/C13H14O2/c1-9-8-10(2)13(14)15-12(9)11-6-4-3-5-7-11/h3-9,12H,1-2H3. The van der Waals surface area contributed by atoms with Crippen LogP contribution in [0.4, 0.5) is 0 Å². The van der Waals surface area contributed by atoms with Gasteiger partial charge < -0.3 is 4.74 Å². The maximum atomic E-state index is 11.4. The number of cyclic esters (lactones) is 1. The van der Waals surface area contributed by atoms with E-state index in [2.05, 4.69) is 6.92 Å². The minimum Gasteiger partial charge on any atom is -0.454 e. The summed E-state index contributed by atoms with van der Waals surface area (Å²) < 4.78 is 5.39. The lowest BCUT2D eigenvalue weighted by Gasteiger charge is -2.27. The fourth-order valence-corrected chi connectivity index (χ4v) is 1.88. The van der Waals surface area contributed by atoms with Crippen molar-refractivity contribution in [3.63, 3.8) is 0 Å². The minimum atomic E-state index is -0.207. The molecule has 0 saturated carbocycles. The maximum absolute atomic E-state index is 11.4. The summed E-state index contributed by atoms with van der Waals surface area (Å²) in [4.78, 5) is 11.4. The van der Waals surface area contributed by atoms with Gasteiger partial charge in [-0.05, 0) is 12.5 Å². The lowest BCUT2D eigenvalue weighted by Crippen LogP contribution is -2.22. The van der Waals surface area contributed by atoms with Crippen molar-refractivity contribution in [2.24, 2.45) is 5.92 Å². The third-order valence-corrected chi connectivity index (χ3v) is 2.67. The van der Waals surface area contributed by atoms with Crippen molar-refractivity contribution in [1.29, 1.82) is 0 Å². The summed E-state index contributed by atoms with van der Waals surface area (Å²) in [6.45, 7) is 3.85. The predicted octanol–water partition coefficient (Wildman–Crippen LogP) is 2.87. The number of carbonyl (C=O) groups is 1. The summed E-state index contributed by atoms with van der Waals surface area (Å²) >= 11 is 0. The van der Waals surface area contributed by atoms with Gasteiger partial charge in [-0.15, -0.1) is 0 Å². The molecule has 78 valence electrons. The first-order chi connectivity index (χ1) is 7.18. The highest BCUT2D eigenvalue weighted by atomic mass is 16.5. The first-order valence-electron chi connectivity index (χ1n) is 5.13. The molecule has 0 radical (unpaired) electrons. The fraction of sp³-hybridized carbons (Fsp3) is 0.308. The van der Waals surface area contributed by atoms with Gasteiger partial charge in [-0.25, -0.2) is 4.79 Å². The van der Waals surface area contributed by atoms with Crippen LogP contribution in [0.1, 0.15) is 25.5 Å². The zero-order valence-electron chi connectivity index (χ0n) is 8.94. The van der Waals surface area contributed by atoms with Crippen LogP contribution in [0.15, 0.2) is 42.0 Å². The molecule has 2 rings (SSSR count). The van der Waals surface area contributed by atoms with Crippen LogP contribution >= 0.6 is 0 Å². The number of benzene rings is 1. The topological polar surface area (TPSA) is 26.3 Å². The Morgan fingerprint density at radius 2 is 1.87 bits per heavy atom. The summed E-state index contributed by atoms with van der Waals surface area (Å²) in [7, 11) is 0. The van der Waals surface area contributed by atoms with Crippen LogP contribution in [0.25, 0.3) is 0 Å². The van der Waals surface area contributed by atoms with Crippen molar-refractivity contribution in [3.8, 4) is 0 Å². The van der Waals surface area contributed by atoms with Crippen molar-refractivity contribution in [2.75, 3.05) is 0 Å². The SMILES string of the molecule is CC1=CC(C)C(c2ccccc2)OC1=O. The van der Waals surface area contributed by atoms with Gasteiger partial charge in [-0.2, -0.15) is 0 Å². The Kier molecular flexibility index (Phi) is 2.58. The third-order valence-electron chi connectivity index (χ3n) is 2.67. The van der Waals surface area contributed by atoms with Gasteiger partial charge in [0.05, 0.1) is 0 Å². The van der Waals surface area contributed by atoms with Gasteiger partial charge in [0.25, 0.3) is 0 Å². The van der Waals surface area contributed by atoms with E-state index in [0.29, 0.717) is 5.57 Å². The van der Waals surface area contributed by atoms with Gasteiger partial charge in [-0.1, -0.05) is 43.3 Å². The fourth-order valence-electron chi connectivity index (χ4n) is 1.88. The molecule has 0 spiro atoms. The van der Waals surface area contributed by atoms with Crippen LogP contribution in [-0.4, -0.2) is 5.97 Å². The third kappa shape index (κ3) is 1.94. The molecule has 0 N–H and O–H groups in total. The first kappa shape index (κ1) is 9.97. The Labute approximate surface area is 89.6 Å². The molecule has 1 aromatic rings. The summed E-state index contributed by atoms with van der Waals surface area (Å²) in [6.07, 6.45) is 1.84. The van der Waals surface area contributed by atoms with Crippen molar-refractivity contribution in [1.82, 2.24) is 0 Å². The number of ether oxygens (including phenoxy) is 1. The number of rotatable bonds is 1. The maximum Gasteiger partial charge on any atom is 0.334 e. The van der Waals surface area contributed by atoms with E-state index in [9.17, 15) is 4.79 Å². The Balaban J connectivity index is 2.29. The molecule has 1 aliphatic heterocycles. The molecule has 0 aliphatic carbocycles. The largest absolute Gasteiger partial charge is 0.454 e. The lowest BCUT2D eigenvalue weighted by atomic mass is 9.93. The van der Waals surface area contributed by atoms with E-state index in [0.717, 1.165) is 5.56 Å². The Hall–Kier alpha value is -1.57. The predicted molar refractivity (Wildman–Crippen MR) is 58.2 cm³/mol. The second-order valence-electron chi connectivity index (χ2n) is 3.95. The Bertz CT molecular complexity index is 392. The molecule has 2 unspecified atom stereocenters. The zero-order chi connectivity index (χ0) is 10.8. The van der Waals surface area contributed by atoms with Crippen molar-refractivity contribution in [3.05, 3.63) is 47.5 Å². The molecule has 2 heteroatoms. The minimum absolute atomic E-state index is 0.137. The summed E-state index contributed by atoms with van der Waals surface area (Å²) in [5, 5.41) is 0. The number of esters is 1. The van der Waals surface area contributed by atoms with Gasteiger partial charge >= 0.3 is 5.97 Å². The molecular weight excluding hydrogens is 188 g/mol. The van der Waals surface area contributed by atoms with Gasteiger partial charge in [-0.3, -0.25) is 0 Å². The first-order valence-corrected chi connectivity index (χ1v) is 5.13. The van der Waals surface area contributed by atoms with E-state index >= 15 is 0 Å². The van der Waals surface area contributed by atoms with E-state index in [1.165, 1.54) is 0 Å². The van der Waals surface area contributed by atoms with Crippen molar-refractivity contribution >= 4 is 5.97 Å². The van der Waals surface area contributed by atoms with E-state index in [-0.39, 0.29) is 18.0 Å². The molecule has 0 aromatic heterocycles. The molecule has 15 heavy (non-hydrogen) atoms. The van der Waals surface area contributed by atoms with Gasteiger partial charge in [0.1, 0.15) is 6.10 Å². The smallest absolute Gasteiger partial charge is 0.334 e. The summed E-state index contributed by atoms with van der Waals surface area (Å²) in [5.74, 6) is 0.0343. The number of hydrogen-bond donors (Lipinski definition) is 0. The number of hydrogen-bond acceptors (Lipinski definition) is 2. The average Bonchev–Trinajstić information content (AvgIpc) is 2.25. The normalized spacial score (nSPS) is 25.7. The van der Waals surface area contributed by atoms with Crippen molar-refractivity contribution in [2.45, 2.75) is 20.0 Å². The second-order valence-corrected chi connectivity index (χ2v) is 3.95. The summed E-state index contributed by atoms with van der Waals surface area (Å²) in [5.41, 5.74) is 1.76. The second kappa shape index (κ2) is 3.89. The Morgan fingerprint density at radius 1 is 1.20 bits per heavy atom. The van der Waals surface area contributed by atoms with Gasteiger partial charge in [0.2, 0.25) is 0 Å². The highest BCUT2D eigenvalue weighted by Crippen LogP contribution is 2.32. The highest BCUT2D eigenvalue weighted by molar-refractivity contribution is 5.88. The van der Waals surface area contributed by atoms with Crippen LogP contribution in [0, 0.1) is 5.92 Å². The number of carbonyl (C=O) groups excluding carboxylic acids is 1. The van der Waals surface area contributed by atoms with Gasteiger partial charge in [0.15, 0.2) is 0 Å². The molecule has 1 heterocycles. The molecule has 1 aromatic carbocycles. The molecule has 0 fully saturated rings. The van der Waals surface area contributed by atoms with E-state index < -0.39 is 0 Å². The van der Waals surface area contributed by atoms with E-state index in [1.807, 2.05) is 36.4 Å². The Morgan fingerprint density at radius 3 is 2.53 bits per heavy atom. The molecule has 2 nitrogen and oxygen atoms in total. The molecule has 0 saturated heterocycles. The summed E-state index contributed by atoms with van der Waals surface area (Å²) in [6, 6.07) is 9.86. The van der Waals surface area contributed by atoms with Crippen LogP contribution in [0.3, 0.4) is 0 Å².